The Bertz CT molecular complexity index is 1930. The van der Waals surface area contributed by atoms with E-state index in [2.05, 4.69) is 10.5 Å². The minimum absolute atomic E-state index is 0.116. The molecule has 228 valence electrons. The monoisotopic (exact) mass is 723 g/mol. The molecular weight excluding hydrogens is 695 g/mol. The van der Waals surface area contributed by atoms with E-state index in [1.807, 2.05) is 97.5 Å². The van der Waals surface area contributed by atoms with Crippen molar-refractivity contribution in [1.29, 1.82) is 0 Å². The second kappa shape index (κ2) is 15.8. The number of nitrogens with one attached hydrogen (secondary N) is 1. The number of rotatable bonds is 4. The van der Waals surface area contributed by atoms with Crippen LogP contribution in [0.15, 0.2) is 120 Å². The van der Waals surface area contributed by atoms with Gasteiger partial charge in [0, 0.05) is 47.2 Å². The van der Waals surface area contributed by atoms with Gasteiger partial charge >= 0.3 is 5.91 Å². The number of pyridine rings is 2. The van der Waals surface area contributed by atoms with E-state index in [1.165, 1.54) is 24.3 Å². The average molecular weight is 724 g/mol. The van der Waals surface area contributed by atoms with Gasteiger partial charge < -0.3 is 0 Å². The van der Waals surface area contributed by atoms with Crippen LogP contribution in [0.5, 0.6) is 0 Å². The van der Waals surface area contributed by atoms with Gasteiger partial charge in [0.15, 0.2) is 12.4 Å². The molecule has 3 heterocycles. The molecule has 5 nitrogen and oxygen atoms in total. The first-order valence-electron chi connectivity index (χ1n) is 13.6. The lowest BCUT2D eigenvalue weighted by Gasteiger charge is -1.99. The fourth-order valence-corrected chi connectivity index (χ4v) is 4.37. The van der Waals surface area contributed by atoms with Gasteiger partial charge in [-0.1, -0.05) is 45.5 Å². The summed E-state index contributed by atoms with van der Waals surface area (Å²) in [7, 11) is 0. The number of carbonyl (C=O) groups is 1. The van der Waals surface area contributed by atoms with Crippen LogP contribution >= 0.6 is 22.6 Å². The number of nitrogens with zero attached hydrogens (tertiary/aromatic N) is 3. The molecule has 0 saturated carbocycles. The Morgan fingerprint density at radius 3 is 2.11 bits per heavy atom. The number of amides is 1. The number of carbonyl (C=O) groups excluding carboxylic acids is 1. The van der Waals surface area contributed by atoms with E-state index in [1.54, 1.807) is 37.5 Å². The lowest BCUT2D eigenvalue weighted by Crippen LogP contribution is -2.47. The molecule has 3 aromatic carbocycles. The molecule has 6 aromatic rings. The van der Waals surface area contributed by atoms with Gasteiger partial charge in [-0.15, -0.1) is 5.43 Å². The summed E-state index contributed by atoms with van der Waals surface area (Å²) in [5.41, 5.74) is 7.76. The maximum absolute atomic E-state index is 13.7. The molecule has 0 aliphatic heterocycles. The van der Waals surface area contributed by atoms with Gasteiger partial charge in [0.2, 0.25) is 0 Å². The Hall–Kier alpha value is -4.84. The van der Waals surface area contributed by atoms with Gasteiger partial charge in [0.1, 0.15) is 23.3 Å². The first kappa shape index (κ1) is 33.1. The summed E-state index contributed by atoms with van der Waals surface area (Å²) in [4.78, 5) is 11.8. The van der Waals surface area contributed by atoms with Gasteiger partial charge in [-0.05, 0) is 89.7 Å². The molecule has 3 aromatic heterocycles. The third-order valence-electron chi connectivity index (χ3n) is 6.29. The fourth-order valence-electron chi connectivity index (χ4n) is 3.99. The number of aryl methyl sites for hydroxylation is 2. The van der Waals surface area contributed by atoms with Crippen LogP contribution in [0.2, 0.25) is 0 Å². The molecule has 0 atom stereocenters. The highest BCUT2D eigenvalue weighted by Gasteiger charge is 2.11. The van der Waals surface area contributed by atoms with Crippen molar-refractivity contribution < 1.29 is 27.0 Å². The van der Waals surface area contributed by atoms with Crippen LogP contribution in [-0.2, 0) is 0 Å². The van der Waals surface area contributed by atoms with Gasteiger partial charge in [0.05, 0.1) is 11.2 Å². The molecule has 1 amide bonds. The second-order valence-electron chi connectivity index (χ2n) is 9.78. The van der Waals surface area contributed by atoms with Gasteiger partial charge in [-0.3, -0.25) is 4.79 Å². The smallest absolute Gasteiger partial charge is 0.264 e. The predicted molar refractivity (Wildman–Crippen MR) is 176 cm³/mol. The molecular formula is C35H28F4IN4O+. The highest BCUT2D eigenvalue weighted by molar-refractivity contribution is 14.1. The van der Waals surface area contributed by atoms with Crippen LogP contribution in [0.3, 0.4) is 0 Å². The van der Waals surface area contributed by atoms with Crippen LogP contribution < -0.4 is 10.1 Å². The highest BCUT2D eigenvalue weighted by atomic mass is 127. The van der Waals surface area contributed by atoms with Crippen molar-refractivity contribution in [2.45, 2.75) is 13.8 Å². The molecule has 0 unspecified atom stereocenters. The third-order valence-corrected chi connectivity index (χ3v) is 6.65. The summed E-state index contributed by atoms with van der Waals surface area (Å²) < 4.78 is 56.6. The Kier molecular flexibility index (Phi) is 11.6. The van der Waals surface area contributed by atoms with Crippen molar-refractivity contribution in [3.63, 3.8) is 0 Å². The Balaban J connectivity index is 0.000000158. The zero-order chi connectivity index (χ0) is 32.3. The summed E-state index contributed by atoms with van der Waals surface area (Å²) in [6, 6.07) is 25.7. The molecule has 0 bridgehead atoms. The normalized spacial score (nSPS) is 10.6. The molecule has 0 saturated heterocycles. The molecule has 10 heteroatoms. The van der Waals surface area contributed by atoms with Crippen LogP contribution in [0.1, 0.15) is 27.0 Å². The zero-order valence-corrected chi connectivity index (χ0v) is 26.4. The van der Waals surface area contributed by atoms with Crippen molar-refractivity contribution in [2.24, 2.45) is 0 Å². The summed E-state index contributed by atoms with van der Waals surface area (Å²) >= 11 is 1.98. The third kappa shape index (κ3) is 9.57. The van der Waals surface area contributed by atoms with E-state index < -0.39 is 23.3 Å². The van der Waals surface area contributed by atoms with E-state index in [0.717, 1.165) is 28.8 Å². The van der Waals surface area contributed by atoms with Crippen LogP contribution in [-0.4, -0.2) is 15.5 Å². The molecule has 0 fully saturated rings. The largest absolute Gasteiger partial charge is 0.305 e. The van der Waals surface area contributed by atoms with E-state index in [4.69, 9.17) is 0 Å². The second-order valence-corrected chi connectivity index (χ2v) is 10.5. The Morgan fingerprint density at radius 2 is 1.47 bits per heavy atom. The molecule has 0 aliphatic rings. The predicted octanol–water partition coefficient (Wildman–Crippen LogP) is 8.62. The summed E-state index contributed by atoms with van der Waals surface area (Å²) in [6.07, 6.45) is 7.03. The van der Waals surface area contributed by atoms with Crippen molar-refractivity contribution >= 4 is 40.1 Å². The van der Waals surface area contributed by atoms with E-state index in [0.29, 0.717) is 22.4 Å². The number of hydrogen-bond acceptors (Lipinski definition) is 2. The van der Waals surface area contributed by atoms with Gasteiger partial charge in [-0.2, -0.15) is 5.10 Å². The van der Waals surface area contributed by atoms with Crippen molar-refractivity contribution in [1.82, 2.24) is 9.61 Å². The van der Waals surface area contributed by atoms with Crippen LogP contribution in [0.25, 0.3) is 22.9 Å². The molecule has 45 heavy (non-hydrogen) atoms. The SMILES string of the molecule is Cc1cc[n+](NC(=O)c2ccccc2)cc1.Cc1ccn2nc(-c3ccc(F)cc3F)cc2c1.Fc1ccc(/C=C/I)c(F)c1. The number of aromatic nitrogens is 3. The van der Waals surface area contributed by atoms with Gasteiger partial charge in [0.25, 0.3) is 0 Å². The Morgan fingerprint density at radius 1 is 0.800 bits per heavy atom. The minimum atomic E-state index is -0.602. The molecule has 0 radical (unpaired) electrons. The first-order chi connectivity index (χ1) is 21.6. The topological polar surface area (TPSA) is 50.3 Å². The van der Waals surface area contributed by atoms with Crippen molar-refractivity contribution in [3.8, 4) is 11.3 Å². The first-order valence-corrected chi connectivity index (χ1v) is 14.8. The number of fused-ring (bicyclic) bond motifs is 1. The number of benzene rings is 3. The highest BCUT2D eigenvalue weighted by Crippen LogP contribution is 2.23. The number of halogens is 5. The lowest BCUT2D eigenvalue weighted by molar-refractivity contribution is -0.641. The van der Waals surface area contributed by atoms with E-state index in [-0.39, 0.29) is 5.91 Å². The minimum Gasteiger partial charge on any atom is -0.264 e. The average Bonchev–Trinajstić information content (AvgIpc) is 3.44. The van der Waals surface area contributed by atoms with Crippen molar-refractivity contribution in [3.05, 3.63) is 165 Å². The summed E-state index contributed by atoms with van der Waals surface area (Å²) in [6.45, 7) is 3.98. The van der Waals surface area contributed by atoms with Gasteiger partial charge in [-0.25, -0.2) is 22.1 Å². The maximum atomic E-state index is 13.7. The molecule has 0 spiro atoms. The molecule has 0 aliphatic carbocycles. The summed E-state index contributed by atoms with van der Waals surface area (Å²) in [5.74, 6) is -2.38. The van der Waals surface area contributed by atoms with Crippen molar-refractivity contribution in [2.75, 3.05) is 5.43 Å². The van der Waals surface area contributed by atoms with Crippen LogP contribution in [0, 0.1) is 37.1 Å². The standard InChI is InChI=1S/C14H10F2N2.C13H12N2O.C8H5F2I/c1-9-4-5-18-11(6-9)8-14(17-18)12-3-2-10(15)7-13(12)16;1-11-7-9-15(10-8-11)14-13(16)12-5-3-2-4-6-12;9-7-2-1-6(3-4-11)8(10)5-7/h2-8H,1H3;2-10H,1H3;1-5H/p+1/b;;4-3+. The molecule has 6 rings (SSSR count). The Labute approximate surface area is 271 Å². The van der Waals surface area contributed by atoms with E-state index in [9.17, 15) is 22.4 Å². The van der Waals surface area contributed by atoms with Crippen LogP contribution in [0.4, 0.5) is 17.6 Å². The zero-order valence-electron chi connectivity index (χ0n) is 24.3. The summed E-state index contributed by atoms with van der Waals surface area (Å²) in [5, 5.41) is 4.27. The molecule has 1 N–H and O–H groups in total. The number of hydrogen-bond donors (Lipinski definition) is 1. The quantitative estimate of drug-likeness (QED) is 0.113. The maximum Gasteiger partial charge on any atom is 0.305 e. The fraction of sp³-hybridized carbons (Fsp3) is 0.0571. The lowest BCUT2D eigenvalue weighted by atomic mass is 10.1. The van der Waals surface area contributed by atoms with E-state index >= 15 is 0 Å².